The van der Waals surface area contributed by atoms with E-state index in [0.717, 1.165) is 10.0 Å². The molecule has 1 unspecified atom stereocenters. The summed E-state index contributed by atoms with van der Waals surface area (Å²) in [5, 5.41) is 7.56. The van der Waals surface area contributed by atoms with Crippen molar-refractivity contribution >= 4 is 26.0 Å². The van der Waals surface area contributed by atoms with Crippen molar-refractivity contribution in [1.29, 1.82) is 5.26 Å². The van der Waals surface area contributed by atoms with Crippen molar-refractivity contribution in [2.24, 2.45) is 0 Å². The molecule has 0 saturated heterocycles. The van der Waals surface area contributed by atoms with Gasteiger partial charge in [0, 0.05) is 10.5 Å². The van der Waals surface area contributed by atoms with Crippen LogP contribution in [-0.2, 0) is 10.0 Å². The Bertz CT molecular complexity index is 519. The van der Waals surface area contributed by atoms with E-state index in [-0.39, 0.29) is 6.04 Å². The molecule has 17 heavy (non-hydrogen) atoms. The first-order valence-corrected chi connectivity index (χ1v) is 7.37. The van der Waals surface area contributed by atoms with Crippen LogP contribution < -0.4 is 4.72 Å². The number of nitrogens with zero attached hydrogens (tertiary/aromatic N) is 1. The Hall–Kier alpha value is -0.900. The van der Waals surface area contributed by atoms with Gasteiger partial charge in [-0.25, -0.2) is 13.1 Å². The summed E-state index contributed by atoms with van der Waals surface area (Å²) < 4.78 is 26.7. The first kappa shape index (κ1) is 14.2. The van der Waals surface area contributed by atoms with Gasteiger partial charge in [0.25, 0.3) is 0 Å². The second-order valence-corrected chi connectivity index (χ2v) is 6.66. The average molecular weight is 317 g/mol. The first-order chi connectivity index (χ1) is 7.86. The number of nitriles is 1. The Labute approximate surface area is 110 Å². The van der Waals surface area contributed by atoms with Crippen LogP contribution in [0.4, 0.5) is 0 Å². The molecule has 92 valence electrons. The van der Waals surface area contributed by atoms with Crippen LogP contribution in [0, 0.1) is 11.3 Å². The van der Waals surface area contributed by atoms with E-state index in [0.29, 0.717) is 0 Å². The van der Waals surface area contributed by atoms with Crippen LogP contribution >= 0.6 is 15.9 Å². The number of hydrogen-bond donors (Lipinski definition) is 1. The zero-order chi connectivity index (χ0) is 13.1. The van der Waals surface area contributed by atoms with Crippen LogP contribution in [0.1, 0.15) is 25.5 Å². The molecule has 0 aliphatic carbocycles. The molecule has 0 aliphatic rings. The SMILES string of the molecule is CC(C#N)S(=O)(=O)N[C@@H](C)c1ccc(Br)cc1. The van der Waals surface area contributed by atoms with Gasteiger partial charge in [0.15, 0.2) is 5.25 Å². The molecule has 0 saturated carbocycles. The molecule has 0 aliphatic heterocycles. The number of benzene rings is 1. The lowest BCUT2D eigenvalue weighted by Crippen LogP contribution is -2.33. The molecule has 2 atom stereocenters. The average Bonchev–Trinajstić information content (AvgIpc) is 2.28. The number of rotatable bonds is 4. The van der Waals surface area contributed by atoms with Crippen molar-refractivity contribution in [1.82, 2.24) is 4.72 Å². The van der Waals surface area contributed by atoms with Gasteiger partial charge in [-0.15, -0.1) is 0 Å². The van der Waals surface area contributed by atoms with E-state index in [1.165, 1.54) is 6.92 Å². The number of sulfonamides is 1. The highest BCUT2D eigenvalue weighted by molar-refractivity contribution is 9.10. The summed E-state index contributed by atoms with van der Waals surface area (Å²) in [5.41, 5.74) is 0.849. The fraction of sp³-hybridized carbons (Fsp3) is 0.364. The molecule has 0 amide bonds. The van der Waals surface area contributed by atoms with Gasteiger partial charge in [0.05, 0.1) is 6.07 Å². The maximum absolute atomic E-state index is 11.7. The topological polar surface area (TPSA) is 70.0 Å². The van der Waals surface area contributed by atoms with Gasteiger partial charge in [-0.3, -0.25) is 0 Å². The van der Waals surface area contributed by atoms with Crippen LogP contribution in [0.15, 0.2) is 28.7 Å². The van der Waals surface area contributed by atoms with Crippen LogP contribution in [0.2, 0.25) is 0 Å². The maximum atomic E-state index is 11.7. The highest BCUT2D eigenvalue weighted by Crippen LogP contribution is 2.17. The highest BCUT2D eigenvalue weighted by Gasteiger charge is 2.22. The smallest absolute Gasteiger partial charge is 0.211 e. The van der Waals surface area contributed by atoms with E-state index in [4.69, 9.17) is 5.26 Å². The fourth-order valence-corrected chi connectivity index (χ4v) is 2.47. The van der Waals surface area contributed by atoms with E-state index in [2.05, 4.69) is 20.7 Å². The Morgan fingerprint density at radius 1 is 1.29 bits per heavy atom. The molecular formula is C11H13BrN2O2S. The van der Waals surface area contributed by atoms with Crippen LogP contribution in [0.25, 0.3) is 0 Å². The lowest BCUT2D eigenvalue weighted by Gasteiger charge is -2.15. The summed E-state index contributed by atoms with van der Waals surface area (Å²) in [7, 11) is -3.59. The molecule has 0 radical (unpaired) electrons. The molecule has 0 fully saturated rings. The minimum absolute atomic E-state index is 0.358. The number of nitrogens with one attached hydrogen (secondary N) is 1. The van der Waals surface area contributed by atoms with Crippen molar-refractivity contribution in [3.63, 3.8) is 0 Å². The molecule has 0 spiro atoms. The Morgan fingerprint density at radius 2 is 1.82 bits per heavy atom. The third-order valence-electron chi connectivity index (χ3n) is 2.36. The largest absolute Gasteiger partial charge is 0.228 e. The summed E-state index contributed by atoms with van der Waals surface area (Å²) in [4.78, 5) is 0. The second kappa shape index (κ2) is 5.63. The van der Waals surface area contributed by atoms with E-state index in [1.807, 2.05) is 24.3 Å². The summed E-state index contributed by atoms with van der Waals surface area (Å²) in [6, 6.07) is 8.69. The third kappa shape index (κ3) is 3.80. The number of hydrogen-bond acceptors (Lipinski definition) is 3. The minimum Gasteiger partial charge on any atom is -0.211 e. The van der Waals surface area contributed by atoms with E-state index < -0.39 is 15.3 Å². The minimum atomic E-state index is -3.59. The predicted octanol–water partition coefficient (Wildman–Crippen LogP) is 2.34. The fourth-order valence-electron chi connectivity index (χ4n) is 1.24. The van der Waals surface area contributed by atoms with E-state index in [9.17, 15) is 8.42 Å². The second-order valence-electron chi connectivity index (χ2n) is 3.71. The molecule has 1 rings (SSSR count). The molecule has 1 N–H and O–H groups in total. The summed E-state index contributed by atoms with van der Waals surface area (Å²) >= 11 is 3.31. The van der Waals surface area contributed by atoms with Crippen molar-refractivity contribution in [3.05, 3.63) is 34.3 Å². The lowest BCUT2D eigenvalue weighted by atomic mass is 10.1. The highest BCUT2D eigenvalue weighted by atomic mass is 79.9. The first-order valence-electron chi connectivity index (χ1n) is 5.03. The zero-order valence-corrected chi connectivity index (χ0v) is 11.9. The van der Waals surface area contributed by atoms with Gasteiger partial charge in [-0.2, -0.15) is 5.26 Å². The normalized spacial score (nSPS) is 14.9. The molecule has 0 aromatic heterocycles. The van der Waals surface area contributed by atoms with Gasteiger partial charge >= 0.3 is 0 Å². The predicted molar refractivity (Wildman–Crippen MR) is 69.7 cm³/mol. The van der Waals surface area contributed by atoms with Crippen molar-refractivity contribution < 1.29 is 8.42 Å². The Balaban J connectivity index is 2.84. The van der Waals surface area contributed by atoms with Crippen molar-refractivity contribution in [2.75, 3.05) is 0 Å². The summed E-state index contributed by atoms with van der Waals surface area (Å²) in [6.45, 7) is 3.10. The zero-order valence-electron chi connectivity index (χ0n) is 9.51. The Morgan fingerprint density at radius 3 is 2.29 bits per heavy atom. The molecule has 1 aromatic rings. The van der Waals surface area contributed by atoms with Gasteiger partial charge in [0.2, 0.25) is 10.0 Å². The van der Waals surface area contributed by atoms with Gasteiger partial charge < -0.3 is 0 Å². The van der Waals surface area contributed by atoms with Gasteiger partial charge in [0.1, 0.15) is 0 Å². The summed E-state index contributed by atoms with van der Waals surface area (Å²) in [6.07, 6.45) is 0. The molecule has 0 heterocycles. The molecule has 4 nitrogen and oxygen atoms in total. The van der Waals surface area contributed by atoms with Gasteiger partial charge in [-0.1, -0.05) is 28.1 Å². The third-order valence-corrected chi connectivity index (χ3v) is 4.61. The molecular weight excluding hydrogens is 304 g/mol. The molecule has 6 heteroatoms. The van der Waals surface area contributed by atoms with Gasteiger partial charge in [-0.05, 0) is 31.5 Å². The Kier molecular flexibility index (Phi) is 4.69. The monoisotopic (exact) mass is 316 g/mol. The maximum Gasteiger partial charge on any atom is 0.228 e. The van der Waals surface area contributed by atoms with E-state index in [1.54, 1.807) is 13.0 Å². The number of halogens is 1. The van der Waals surface area contributed by atoms with Crippen LogP contribution in [0.3, 0.4) is 0 Å². The standard InChI is InChI=1S/C11H13BrN2O2S/c1-8(7-13)17(15,16)14-9(2)10-3-5-11(12)6-4-10/h3-6,8-9,14H,1-2H3/t8?,9-/m0/s1. The van der Waals surface area contributed by atoms with Crippen molar-refractivity contribution in [3.8, 4) is 6.07 Å². The molecule has 1 aromatic carbocycles. The lowest BCUT2D eigenvalue weighted by molar-refractivity contribution is 0.562. The van der Waals surface area contributed by atoms with Crippen LogP contribution in [0.5, 0.6) is 0 Å². The molecule has 0 bridgehead atoms. The quantitative estimate of drug-likeness (QED) is 0.926. The van der Waals surface area contributed by atoms with E-state index >= 15 is 0 Å². The van der Waals surface area contributed by atoms with Crippen molar-refractivity contribution in [2.45, 2.75) is 25.1 Å². The summed E-state index contributed by atoms with van der Waals surface area (Å²) in [5.74, 6) is 0. The van der Waals surface area contributed by atoms with Crippen LogP contribution in [-0.4, -0.2) is 13.7 Å².